The summed E-state index contributed by atoms with van der Waals surface area (Å²) >= 11 is 1.86. The van der Waals surface area contributed by atoms with E-state index in [-0.39, 0.29) is 0 Å². The number of benzene rings is 1. The van der Waals surface area contributed by atoms with Gasteiger partial charge in [0.15, 0.2) is 0 Å². The lowest BCUT2D eigenvalue weighted by molar-refractivity contribution is 0.705. The molecule has 3 rings (SSSR count). The second-order valence-electron chi connectivity index (χ2n) is 4.76. The average Bonchev–Trinajstić information content (AvgIpc) is 2.87. The van der Waals surface area contributed by atoms with Crippen LogP contribution >= 0.6 is 11.3 Å². The molecule has 0 saturated heterocycles. The van der Waals surface area contributed by atoms with Crippen molar-refractivity contribution in [2.45, 2.75) is 26.4 Å². The van der Waals surface area contributed by atoms with Crippen molar-refractivity contribution >= 4 is 17.0 Å². The van der Waals surface area contributed by atoms with Gasteiger partial charge in [-0.1, -0.05) is 25.1 Å². The Bertz CT molecular complexity index is 536. The fraction of sp³-hybridized carbons (Fsp3) is 0.400. The quantitative estimate of drug-likeness (QED) is 0.928. The van der Waals surface area contributed by atoms with Gasteiger partial charge in [0.05, 0.1) is 12.2 Å². The molecule has 0 saturated carbocycles. The fourth-order valence-corrected chi connectivity index (χ4v) is 3.52. The van der Waals surface area contributed by atoms with E-state index in [0.717, 1.165) is 32.6 Å². The number of aromatic nitrogens is 1. The molecular weight excluding hydrogens is 254 g/mol. The Morgan fingerprint density at radius 1 is 1.32 bits per heavy atom. The van der Waals surface area contributed by atoms with E-state index in [4.69, 9.17) is 4.98 Å². The highest BCUT2D eigenvalue weighted by Gasteiger charge is 2.20. The van der Waals surface area contributed by atoms with E-state index in [1.54, 1.807) is 0 Å². The van der Waals surface area contributed by atoms with Crippen LogP contribution in [0, 0.1) is 0 Å². The van der Waals surface area contributed by atoms with Crippen LogP contribution in [0.15, 0.2) is 30.3 Å². The van der Waals surface area contributed by atoms with E-state index in [9.17, 15) is 0 Å². The minimum atomic E-state index is 0.902. The molecule has 3 nitrogen and oxygen atoms in total. The smallest absolute Gasteiger partial charge is 0.107 e. The Morgan fingerprint density at radius 2 is 2.16 bits per heavy atom. The topological polar surface area (TPSA) is 28.2 Å². The first-order chi connectivity index (χ1) is 9.36. The molecule has 0 aliphatic carbocycles. The van der Waals surface area contributed by atoms with Crippen LogP contribution in [0.1, 0.15) is 22.5 Å². The summed E-state index contributed by atoms with van der Waals surface area (Å²) in [5.41, 5.74) is 2.62. The van der Waals surface area contributed by atoms with Crippen molar-refractivity contribution in [3.8, 4) is 0 Å². The molecule has 1 aromatic heterocycles. The van der Waals surface area contributed by atoms with Gasteiger partial charge in [0.1, 0.15) is 5.01 Å². The third-order valence-electron chi connectivity index (χ3n) is 3.42. The number of nitrogens with zero attached hydrogens (tertiary/aromatic N) is 2. The van der Waals surface area contributed by atoms with E-state index < -0.39 is 0 Å². The molecule has 1 aliphatic heterocycles. The van der Waals surface area contributed by atoms with Gasteiger partial charge in [0.2, 0.25) is 0 Å². The van der Waals surface area contributed by atoms with Gasteiger partial charge >= 0.3 is 0 Å². The van der Waals surface area contributed by atoms with Gasteiger partial charge in [0.25, 0.3) is 0 Å². The van der Waals surface area contributed by atoms with Crippen LogP contribution in [0.2, 0.25) is 0 Å². The summed E-state index contributed by atoms with van der Waals surface area (Å²) in [7, 11) is 0. The molecule has 0 unspecified atom stereocenters. The summed E-state index contributed by atoms with van der Waals surface area (Å²) in [6.45, 7) is 6.11. The molecule has 0 fully saturated rings. The number of rotatable bonds is 4. The third-order valence-corrected chi connectivity index (χ3v) is 4.51. The lowest BCUT2D eigenvalue weighted by atomic mass is 10.1. The summed E-state index contributed by atoms with van der Waals surface area (Å²) in [5.74, 6) is 0. The van der Waals surface area contributed by atoms with Crippen LogP contribution in [0.25, 0.3) is 0 Å². The molecule has 4 heteroatoms. The molecule has 2 heterocycles. The van der Waals surface area contributed by atoms with Crippen molar-refractivity contribution in [3.63, 3.8) is 0 Å². The predicted molar refractivity (Wildman–Crippen MR) is 80.7 cm³/mol. The Hall–Kier alpha value is -1.39. The number of fused-ring (bicyclic) bond motifs is 1. The van der Waals surface area contributed by atoms with Crippen LogP contribution in [-0.4, -0.2) is 18.1 Å². The highest BCUT2D eigenvalue weighted by Crippen LogP contribution is 2.28. The molecule has 1 aromatic carbocycles. The van der Waals surface area contributed by atoms with Crippen LogP contribution in [-0.2, 0) is 19.5 Å². The first kappa shape index (κ1) is 12.6. The zero-order valence-electron chi connectivity index (χ0n) is 11.2. The van der Waals surface area contributed by atoms with Gasteiger partial charge < -0.3 is 10.2 Å². The first-order valence-corrected chi connectivity index (χ1v) is 7.66. The number of thiazole rings is 1. The van der Waals surface area contributed by atoms with Gasteiger partial charge in [-0.05, 0) is 18.7 Å². The second-order valence-corrected chi connectivity index (χ2v) is 5.93. The highest BCUT2D eigenvalue weighted by molar-refractivity contribution is 7.11. The van der Waals surface area contributed by atoms with E-state index in [0.29, 0.717) is 0 Å². The van der Waals surface area contributed by atoms with Crippen molar-refractivity contribution in [2.75, 3.05) is 18.0 Å². The van der Waals surface area contributed by atoms with E-state index in [1.165, 1.54) is 21.3 Å². The van der Waals surface area contributed by atoms with Crippen LogP contribution in [0.4, 0.5) is 5.69 Å². The molecule has 1 N–H and O–H groups in total. The highest BCUT2D eigenvalue weighted by atomic mass is 32.1. The van der Waals surface area contributed by atoms with Crippen LogP contribution in [0.3, 0.4) is 0 Å². The second kappa shape index (κ2) is 5.72. The molecule has 0 bridgehead atoms. The van der Waals surface area contributed by atoms with Gasteiger partial charge in [0, 0.05) is 30.1 Å². The van der Waals surface area contributed by atoms with Crippen molar-refractivity contribution in [3.05, 3.63) is 45.9 Å². The Morgan fingerprint density at radius 3 is 2.95 bits per heavy atom. The van der Waals surface area contributed by atoms with E-state index >= 15 is 0 Å². The van der Waals surface area contributed by atoms with Crippen molar-refractivity contribution in [2.24, 2.45) is 0 Å². The molecule has 100 valence electrons. The minimum Gasteiger partial charge on any atom is -0.366 e. The van der Waals surface area contributed by atoms with Crippen molar-refractivity contribution < 1.29 is 0 Å². The monoisotopic (exact) mass is 273 g/mol. The van der Waals surface area contributed by atoms with Gasteiger partial charge in [-0.25, -0.2) is 4.98 Å². The van der Waals surface area contributed by atoms with E-state index in [2.05, 4.69) is 47.5 Å². The van der Waals surface area contributed by atoms with Gasteiger partial charge in [-0.15, -0.1) is 11.3 Å². The summed E-state index contributed by atoms with van der Waals surface area (Å²) in [6.07, 6.45) is 1.06. The Balaban J connectivity index is 1.75. The Kier molecular flexibility index (Phi) is 3.80. The zero-order valence-corrected chi connectivity index (χ0v) is 12.0. The van der Waals surface area contributed by atoms with Crippen molar-refractivity contribution in [1.82, 2.24) is 10.3 Å². The number of nitrogens with one attached hydrogen (secondary N) is 1. The fourth-order valence-electron chi connectivity index (χ4n) is 2.42. The molecule has 1 aliphatic rings. The molecule has 0 amide bonds. The summed E-state index contributed by atoms with van der Waals surface area (Å²) in [4.78, 5) is 8.62. The normalized spacial score (nSPS) is 14.5. The number of anilines is 1. The Labute approximate surface area is 118 Å². The van der Waals surface area contributed by atoms with Gasteiger partial charge in [-0.3, -0.25) is 0 Å². The molecular formula is C15H19N3S. The molecule has 0 spiro atoms. The summed E-state index contributed by atoms with van der Waals surface area (Å²) in [5, 5.41) is 4.57. The number of hydrogen-bond donors (Lipinski definition) is 1. The number of hydrogen-bond acceptors (Lipinski definition) is 4. The molecule has 0 atom stereocenters. The van der Waals surface area contributed by atoms with Gasteiger partial charge in [-0.2, -0.15) is 0 Å². The van der Waals surface area contributed by atoms with Crippen molar-refractivity contribution in [1.29, 1.82) is 0 Å². The standard InChI is InChI=1S/C15H19N3S/c1-2-16-10-15-17-13-8-9-18(11-14(13)19-15)12-6-4-3-5-7-12/h3-7,16H,2,8-11H2,1H3. The lowest BCUT2D eigenvalue weighted by Gasteiger charge is -2.28. The SMILES string of the molecule is CCNCc1nc2c(s1)CN(c1ccccc1)CC2. The largest absolute Gasteiger partial charge is 0.366 e. The predicted octanol–water partition coefficient (Wildman–Crippen LogP) is 2.82. The maximum atomic E-state index is 4.75. The molecule has 19 heavy (non-hydrogen) atoms. The van der Waals surface area contributed by atoms with E-state index in [1.807, 2.05) is 11.3 Å². The zero-order chi connectivity index (χ0) is 13.1. The number of para-hydroxylation sites is 1. The maximum Gasteiger partial charge on any atom is 0.107 e. The van der Waals surface area contributed by atoms with Crippen LogP contribution < -0.4 is 10.2 Å². The summed E-state index contributed by atoms with van der Waals surface area (Å²) in [6, 6.07) is 10.7. The third kappa shape index (κ3) is 2.80. The van der Waals surface area contributed by atoms with Crippen LogP contribution in [0.5, 0.6) is 0 Å². The maximum absolute atomic E-state index is 4.75. The summed E-state index contributed by atoms with van der Waals surface area (Å²) < 4.78 is 0. The molecule has 2 aromatic rings. The molecule has 0 radical (unpaired) electrons. The first-order valence-electron chi connectivity index (χ1n) is 6.85. The minimum absolute atomic E-state index is 0.902. The average molecular weight is 273 g/mol. The lowest BCUT2D eigenvalue weighted by Crippen LogP contribution is -2.29.